The number of carbonyl (C=O) groups is 2. The van der Waals surface area contributed by atoms with Gasteiger partial charge < -0.3 is 4.74 Å². The lowest BCUT2D eigenvalue weighted by molar-refractivity contribution is -0.141. The molecule has 0 amide bonds. The van der Waals surface area contributed by atoms with E-state index in [1.54, 1.807) is 6.92 Å². The molecule has 0 fully saturated rings. The Morgan fingerprint density at radius 3 is 2.23 bits per heavy atom. The number of hydrogen-bond acceptors (Lipinski definition) is 3. The first kappa shape index (κ1) is 19.8. The van der Waals surface area contributed by atoms with Crippen molar-refractivity contribution in [2.45, 2.75) is 39.5 Å². The van der Waals surface area contributed by atoms with Gasteiger partial charge in [-0.3, -0.25) is 9.59 Å². The lowest BCUT2D eigenvalue weighted by Gasteiger charge is -2.16. The summed E-state index contributed by atoms with van der Waals surface area (Å²) in [5.74, 6) is -0.697. The van der Waals surface area contributed by atoms with E-state index in [1.165, 1.54) is 31.4 Å². The van der Waals surface area contributed by atoms with E-state index in [1.807, 2.05) is 18.2 Å². The fraction of sp³-hybridized carbons (Fsp3) is 0.364. The fourth-order valence-electron chi connectivity index (χ4n) is 2.94. The molecule has 0 saturated heterocycles. The molecular formula is C22H25FO3. The molecule has 0 radical (unpaired) electrons. The number of Topliss-reactive ketones (excluding diaryl/α,β-unsaturated/α-hetero) is 1. The summed E-state index contributed by atoms with van der Waals surface area (Å²) in [5, 5.41) is 0. The van der Waals surface area contributed by atoms with Crippen LogP contribution in [0.1, 0.15) is 53.7 Å². The highest BCUT2D eigenvalue weighted by molar-refractivity contribution is 5.97. The molecule has 0 saturated carbocycles. The molecule has 26 heavy (non-hydrogen) atoms. The number of rotatable bonds is 7. The van der Waals surface area contributed by atoms with Gasteiger partial charge in [0, 0.05) is 12.0 Å². The maximum absolute atomic E-state index is 13.1. The van der Waals surface area contributed by atoms with Crippen LogP contribution >= 0.6 is 0 Å². The van der Waals surface area contributed by atoms with Crippen molar-refractivity contribution >= 4 is 11.8 Å². The van der Waals surface area contributed by atoms with Gasteiger partial charge in [0.15, 0.2) is 5.78 Å². The van der Waals surface area contributed by atoms with Crippen molar-refractivity contribution in [2.24, 2.45) is 5.92 Å². The molecule has 2 aromatic rings. The zero-order valence-corrected chi connectivity index (χ0v) is 15.7. The van der Waals surface area contributed by atoms with Crippen LogP contribution in [0.2, 0.25) is 0 Å². The number of esters is 1. The third-order valence-corrected chi connectivity index (χ3v) is 4.43. The van der Waals surface area contributed by atoms with E-state index in [-0.39, 0.29) is 24.0 Å². The number of benzene rings is 2. The molecule has 4 heteroatoms. The van der Waals surface area contributed by atoms with E-state index < -0.39 is 5.92 Å². The molecule has 0 spiro atoms. The maximum atomic E-state index is 13.1. The van der Waals surface area contributed by atoms with Crippen molar-refractivity contribution in [3.8, 4) is 0 Å². The van der Waals surface area contributed by atoms with Gasteiger partial charge in [-0.05, 0) is 60.2 Å². The van der Waals surface area contributed by atoms with Crippen LogP contribution in [0.25, 0.3) is 0 Å². The topological polar surface area (TPSA) is 43.4 Å². The van der Waals surface area contributed by atoms with Gasteiger partial charge in [0.25, 0.3) is 0 Å². The van der Waals surface area contributed by atoms with Gasteiger partial charge in [-0.15, -0.1) is 0 Å². The van der Waals surface area contributed by atoms with Crippen LogP contribution in [0.15, 0.2) is 42.5 Å². The van der Waals surface area contributed by atoms with E-state index in [0.717, 1.165) is 23.1 Å². The van der Waals surface area contributed by atoms with Crippen molar-refractivity contribution in [2.75, 3.05) is 7.11 Å². The number of ketones is 1. The number of ether oxygens (including phenoxy) is 1. The lowest BCUT2D eigenvalue weighted by Crippen LogP contribution is -2.13. The standard InChI is InChI=1S/C22H25FO3/c1-14(2)11-18-6-5-17(15(3)22(25)26-4)12-19(18)13-21(24)16-7-9-20(23)10-8-16/h5-10,12,14-15H,11,13H2,1-4H3. The molecule has 3 nitrogen and oxygen atoms in total. The van der Waals surface area contributed by atoms with Gasteiger partial charge in [-0.1, -0.05) is 32.0 Å². The minimum absolute atomic E-state index is 0.0714. The van der Waals surface area contributed by atoms with Crippen molar-refractivity contribution in [3.63, 3.8) is 0 Å². The summed E-state index contributed by atoms with van der Waals surface area (Å²) in [6.45, 7) is 6.03. The molecule has 0 aliphatic carbocycles. The fourth-order valence-corrected chi connectivity index (χ4v) is 2.94. The largest absolute Gasteiger partial charge is 0.469 e. The average molecular weight is 356 g/mol. The van der Waals surface area contributed by atoms with Crippen LogP contribution < -0.4 is 0 Å². The number of hydrogen-bond donors (Lipinski definition) is 0. The van der Waals surface area contributed by atoms with Crippen molar-refractivity contribution in [1.29, 1.82) is 0 Å². The Kier molecular flexibility index (Phi) is 6.67. The van der Waals surface area contributed by atoms with Crippen LogP contribution in [-0.4, -0.2) is 18.9 Å². The summed E-state index contributed by atoms with van der Waals surface area (Å²) < 4.78 is 17.9. The number of methoxy groups -OCH3 is 1. The third kappa shape index (κ3) is 5.01. The predicted molar refractivity (Wildman–Crippen MR) is 99.8 cm³/mol. The number of halogens is 1. The molecule has 2 rings (SSSR count). The molecule has 1 atom stereocenters. The second-order valence-corrected chi connectivity index (χ2v) is 6.98. The van der Waals surface area contributed by atoms with Crippen molar-refractivity contribution < 1.29 is 18.7 Å². The summed E-state index contributed by atoms with van der Waals surface area (Å²) in [5.41, 5.74) is 3.30. The Morgan fingerprint density at radius 2 is 1.65 bits per heavy atom. The molecule has 0 aliphatic rings. The molecular weight excluding hydrogens is 331 g/mol. The molecule has 0 heterocycles. The molecule has 0 aromatic heterocycles. The second-order valence-electron chi connectivity index (χ2n) is 6.98. The Morgan fingerprint density at radius 1 is 1.00 bits per heavy atom. The predicted octanol–water partition coefficient (Wildman–Crippen LogP) is 4.73. The zero-order valence-electron chi connectivity index (χ0n) is 15.7. The highest BCUT2D eigenvalue weighted by Gasteiger charge is 2.19. The van der Waals surface area contributed by atoms with E-state index in [4.69, 9.17) is 4.74 Å². The van der Waals surface area contributed by atoms with Crippen LogP contribution in [-0.2, 0) is 22.4 Å². The molecule has 2 aromatic carbocycles. The van der Waals surface area contributed by atoms with E-state index >= 15 is 0 Å². The Hall–Kier alpha value is -2.49. The van der Waals surface area contributed by atoms with Crippen molar-refractivity contribution in [3.05, 3.63) is 70.5 Å². The molecule has 138 valence electrons. The van der Waals surface area contributed by atoms with Gasteiger partial charge in [-0.2, -0.15) is 0 Å². The minimum atomic E-state index is -0.396. The molecule has 0 bridgehead atoms. The Balaban J connectivity index is 2.34. The molecule has 0 aliphatic heterocycles. The summed E-state index contributed by atoms with van der Waals surface area (Å²) in [6.07, 6.45) is 1.06. The average Bonchev–Trinajstić information content (AvgIpc) is 2.62. The first-order valence-electron chi connectivity index (χ1n) is 8.80. The van der Waals surface area contributed by atoms with Crippen LogP contribution in [0.3, 0.4) is 0 Å². The second kappa shape index (κ2) is 8.75. The Labute approximate surface area is 154 Å². The lowest BCUT2D eigenvalue weighted by atomic mass is 9.89. The quantitative estimate of drug-likeness (QED) is 0.532. The van der Waals surface area contributed by atoms with Crippen molar-refractivity contribution in [1.82, 2.24) is 0 Å². The summed E-state index contributed by atoms with van der Waals surface area (Å²) in [7, 11) is 1.37. The summed E-state index contributed by atoms with van der Waals surface area (Å²) in [4.78, 5) is 24.5. The zero-order chi connectivity index (χ0) is 19.3. The third-order valence-electron chi connectivity index (χ3n) is 4.43. The van der Waals surface area contributed by atoms with Crippen LogP contribution in [0, 0.1) is 11.7 Å². The van der Waals surface area contributed by atoms with Gasteiger partial charge in [0.05, 0.1) is 13.0 Å². The maximum Gasteiger partial charge on any atom is 0.312 e. The number of carbonyl (C=O) groups excluding carboxylic acids is 2. The van der Waals surface area contributed by atoms with Gasteiger partial charge in [0.2, 0.25) is 0 Å². The van der Waals surface area contributed by atoms with E-state index in [2.05, 4.69) is 13.8 Å². The molecule has 0 N–H and O–H groups in total. The summed E-state index contributed by atoms with van der Waals surface area (Å²) in [6, 6.07) is 11.4. The highest BCUT2D eigenvalue weighted by atomic mass is 19.1. The Bertz CT molecular complexity index is 778. The highest BCUT2D eigenvalue weighted by Crippen LogP contribution is 2.24. The van der Waals surface area contributed by atoms with Gasteiger partial charge in [-0.25, -0.2) is 4.39 Å². The minimum Gasteiger partial charge on any atom is -0.469 e. The first-order valence-corrected chi connectivity index (χ1v) is 8.80. The normalized spacial score (nSPS) is 12.1. The van der Waals surface area contributed by atoms with E-state index in [9.17, 15) is 14.0 Å². The van der Waals surface area contributed by atoms with Gasteiger partial charge >= 0.3 is 5.97 Å². The van der Waals surface area contributed by atoms with E-state index in [0.29, 0.717) is 11.5 Å². The monoisotopic (exact) mass is 356 g/mol. The molecule has 1 unspecified atom stereocenters. The first-order chi connectivity index (χ1) is 12.3. The smallest absolute Gasteiger partial charge is 0.312 e. The van der Waals surface area contributed by atoms with Gasteiger partial charge in [0.1, 0.15) is 5.82 Å². The SMILES string of the molecule is COC(=O)C(C)c1ccc(CC(C)C)c(CC(=O)c2ccc(F)cc2)c1. The summed E-state index contributed by atoms with van der Waals surface area (Å²) >= 11 is 0. The van der Waals surface area contributed by atoms with Crippen LogP contribution in [0.5, 0.6) is 0 Å². The van der Waals surface area contributed by atoms with Crippen LogP contribution in [0.4, 0.5) is 4.39 Å².